The number of anilines is 2. The molecule has 0 aliphatic carbocycles. The van der Waals surface area contributed by atoms with E-state index in [9.17, 15) is 0 Å². The van der Waals surface area contributed by atoms with Gasteiger partial charge in [0.1, 0.15) is 11.7 Å². The van der Waals surface area contributed by atoms with Crippen molar-refractivity contribution in [3.8, 4) is 0 Å². The highest BCUT2D eigenvalue weighted by Crippen LogP contribution is 2.21. The maximum Gasteiger partial charge on any atom is 0.154 e. The number of fused-ring (bicyclic) bond motifs is 2. The van der Waals surface area contributed by atoms with Gasteiger partial charge in [0, 0.05) is 16.5 Å². The molecule has 0 atom stereocenters. The SMILES string of the molecule is N=C1N=C(N)c2ccccc21.Nc1nc(NO)cc2ccccc12. The van der Waals surface area contributed by atoms with Crippen molar-refractivity contribution in [3.05, 3.63) is 65.7 Å². The van der Waals surface area contributed by atoms with Gasteiger partial charge in [-0.05, 0) is 11.5 Å². The monoisotopic (exact) mass is 320 g/mol. The van der Waals surface area contributed by atoms with Crippen molar-refractivity contribution >= 4 is 34.1 Å². The summed E-state index contributed by atoms with van der Waals surface area (Å²) >= 11 is 0. The highest BCUT2D eigenvalue weighted by molar-refractivity contribution is 6.20. The van der Waals surface area contributed by atoms with Gasteiger partial charge in [0.2, 0.25) is 0 Å². The Kier molecular flexibility index (Phi) is 4.09. The van der Waals surface area contributed by atoms with Crippen LogP contribution in [0.2, 0.25) is 0 Å². The number of hydrogen-bond donors (Lipinski definition) is 5. The molecule has 0 bridgehead atoms. The first-order chi connectivity index (χ1) is 11.6. The molecule has 7 N–H and O–H groups in total. The molecule has 2 aromatic carbocycles. The van der Waals surface area contributed by atoms with Gasteiger partial charge in [-0.3, -0.25) is 16.1 Å². The first kappa shape index (κ1) is 15.4. The maximum atomic E-state index is 8.65. The Bertz CT molecular complexity index is 951. The average Bonchev–Trinajstić information content (AvgIpc) is 2.90. The first-order valence-corrected chi connectivity index (χ1v) is 7.18. The Morgan fingerprint density at radius 1 is 0.958 bits per heavy atom. The van der Waals surface area contributed by atoms with Crippen LogP contribution in [0.15, 0.2) is 59.6 Å². The third kappa shape index (κ3) is 2.88. The zero-order valence-electron chi connectivity index (χ0n) is 12.7. The van der Waals surface area contributed by atoms with E-state index in [0.717, 1.165) is 21.9 Å². The van der Waals surface area contributed by atoms with Crippen molar-refractivity contribution in [1.29, 1.82) is 5.41 Å². The predicted octanol–water partition coefficient (Wildman–Crippen LogP) is 2.35. The third-order valence-electron chi connectivity index (χ3n) is 3.57. The van der Waals surface area contributed by atoms with E-state index < -0.39 is 0 Å². The molecule has 120 valence electrons. The molecule has 3 aromatic rings. The highest BCUT2D eigenvalue weighted by atomic mass is 16.5. The lowest BCUT2D eigenvalue weighted by Crippen LogP contribution is -2.09. The summed E-state index contributed by atoms with van der Waals surface area (Å²) in [5.74, 6) is 1.48. The number of nitrogens with two attached hydrogens (primary N) is 2. The molecule has 1 aromatic heterocycles. The summed E-state index contributed by atoms with van der Waals surface area (Å²) in [6, 6.07) is 16.8. The fourth-order valence-corrected chi connectivity index (χ4v) is 2.44. The number of nitrogens with one attached hydrogen (secondary N) is 2. The zero-order valence-corrected chi connectivity index (χ0v) is 12.7. The van der Waals surface area contributed by atoms with Gasteiger partial charge in [-0.25, -0.2) is 9.98 Å². The van der Waals surface area contributed by atoms with Crippen molar-refractivity contribution in [3.63, 3.8) is 0 Å². The van der Waals surface area contributed by atoms with Crippen LogP contribution in [0.1, 0.15) is 11.1 Å². The highest BCUT2D eigenvalue weighted by Gasteiger charge is 2.16. The van der Waals surface area contributed by atoms with E-state index in [1.807, 2.05) is 54.0 Å². The van der Waals surface area contributed by atoms with Gasteiger partial charge in [-0.2, -0.15) is 0 Å². The topological polar surface area (TPSA) is 133 Å². The van der Waals surface area contributed by atoms with E-state index in [0.29, 0.717) is 17.5 Å². The molecule has 0 fully saturated rings. The quantitative estimate of drug-likeness (QED) is 0.439. The third-order valence-corrected chi connectivity index (χ3v) is 3.57. The molecule has 0 saturated carbocycles. The smallest absolute Gasteiger partial charge is 0.154 e. The lowest BCUT2D eigenvalue weighted by molar-refractivity contribution is 0.386. The molecule has 0 unspecified atom stereocenters. The minimum atomic E-state index is 0.262. The second-order valence-electron chi connectivity index (χ2n) is 5.12. The number of amidine groups is 2. The Hall–Kier alpha value is -3.45. The molecule has 7 nitrogen and oxygen atoms in total. The molecule has 24 heavy (non-hydrogen) atoms. The van der Waals surface area contributed by atoms with E-state index >= 15 is 0 Å². The number of hydrogen-bond acceptors (Lipinski definition) is 6. The number of rotatable bonds is 1. The van der Waals surface area contributed by atoms with Gasteiger partial charge in [0.15, 0.2) is 11.7 Å². The number of benzene rings is 2. The average molecular weight is 320 g/mol. The normalized spacial score (nSPS) is 12.2. The number of aromatic nitrogens is 1. The van der Waals surface area contributed by atoms with Gasteiger partial charge < -0.3 is 11.5 Å². The van der Waals surface area contributed by atoms with Gasteiger partial charge >= 0.3 is 0 Å². The Morgan fingerprint density at radius 3 is 2.33 bits per heavy atom. The van der Waals surface area contributed by atoms with Crippen molar-refractivity contribution in [2.24, 2.45) is 10.7 Å². The summed E-state index contributed by atoms with van der Waals surface area (Å²) in [7, 11) is 0. The summed E-state index contributed by atoms with van der Waals surface area (Å²) in [4.78, 5) is 7.77. The molecule has 4 rings (SSSR count). The minimum Gasteiger partial charge on any atom is -0.383 e. The van der Waals surface area contributed by atoms with Crippen molar-refractivity contribution in [2.75, 3.05) is 11.2 Å². The predicted molar refractivity (Wildman–Crippen MR) is 95.6 cm³/mol. The van der Waals surface area contributed by atoms with Gasteiger partial charge in [-0.15, -0.1) is 0 Å². The van der Waals surface area contributed by atoms with Crippen LogP contribution in [0.25, 0.3) is 10.8 Å². The van der Waals surface area contributed by atoms with E-state index in [1.165, 1.54) is 0 Å². The van der Waals surface area contributed by atoms with Crippen LogP contribution in [-0.4, -0.2) is 21.9 Å². The number of aliphatic imine (C=N–C) groups is 1. The van der Waals surface area contributed by atoms with Crippen LogP contribution in [0.4, 0.5) is 11.6 Å². The molecular formula is C17H16N6O. The van der Waals surface area contributed by atoms with E-state index in [1.54, 1.807) is 6.07 Å². The van der Waals surface area contributed by atoms with Crippen molar-refractivity contribution in [2.45, 2.75) is 0 Å². The molecule has 0 radical (unpaired) electrons. The molecular weight excluding hydrogens is 304 g/mol. The summed E-state index contributed by atoms with van der Waals surface area (Å²) in [6.07, 6.45) is 0. The van der Waals surface area contributed by atoms with Crippen LogP contribution in [-0.2, 0) is 0 Å². The molecule has 1 aliphatic heterocycles. The Labute approximate surface area is 138 Å². The molecule has 0 spiro atoms. The second kappa shape index (κ2) is 6.35. The van der Waals surface area contributed by atoms with Crippen LogP contribution in [0.3, 0.4) is 0 Å². The van der Waals surface area contributed by atoms with Crippen molar-refractivity contribution in [1.82, 2.24) is 4.98 Å². The molecule has 0 saturated heterocycles. The van der Waals surface area contributed by atoms with Crippen LogP contribution in [0.5, 0.6) is 0 Å². The molecule has 2 heterocycles. The summed E-state index contributed by atoms with van der Waals surface area (Å²) in [6.45, 7) is 0. The standard InChI is InChI=1S/C9H9N3O.C8H7N3/c10-9-7-4-2-1-3-6(7)5-8(11-9)12-13;9-7-5-3-1-2-4-6(5)8(10)11-7/h1-5,13H,(H3,10,11,12);1-4H,(H3,9,10,11). The molecule has 1 aliphatic rings. The second-order valence-corrected chi connectivity index (χ2v) is 5.12. The summed E-state index contributed by atoms with van der Waals surface area (Å²) < 4.78 is 0. The zero-order chi connectivity index (χ0) is 17.1. The summed E-state index contributed by atoms with van der Waals surface area (Å²) in [5, 5.41) is 17.9. The van der Waals surface area contributed by atoms with E-state index in [2.05, 4.69) is 9.98 Å². The number of nitrogens with zero attached hydrogens (tertiary/aromatic N) is 2. The first-order valence-electron chi connectivity index (χ1n) is 7.18. The van der Waals surface area contributed by atoms with Crippen LogP contribution < -0.4 is 16.9 Å². The molecule has 0 amide bonds. The lowest BCUT2D eigenvalue weighted by atomic mass is 10.1. The van der Waals surface area contributed by atoms with Gasteiger partial charge in [0.25, 0.3) is 0 Å². The fraction of sp³-hybridized carbons (Fsp3) is 0. The maximum absolute atomic E-state index is 8.65. The van der Waals surface area contributed by atoms with Crippen molar-refractivity contribution < 1.29 is 5.21 Å². The lowest BCUT2D eigenvalue weighted by Gasteiger charge is -2.03. The number of pyridine rings is 1. The van der Waals surface area contributed by atoms with Gasteiger partial charge in [-0.1, -0.05) is 48.5 Å². The number of nitrogen functional groups attached to an aromatic ring is 1. The minimum absolute atomic E-state index is 0.262. The van der Waals surface area contributed by atoms with Crippen LogP contribution >= 0.6 is 0 Å². The van der Waals surface area contributed by atoms with Gasteiger partial charge in [0.05, 0.1) is 0 Å². The molecule has 7 heteroatoms. The summed E-state index contributed by atoms with van der Waals surface area (Å²) in [5.41, 5.74) is 14.9. The fourth-order valence-electron chi connectivity index (χ4n) is 2.44. The Morgan fingerprint density at radius 2 is 1.62 bits per heavy atom. The van der Waals surface area contributed by atoms with E-state index in [-0.39, 0.29) is 5.84 Å². The van der Waals surface area contributed by atoms with E-state index in [4.69, 9.17) is 22.1 Å². The largest absolute Gasteiger partial charge is 0.383 e. The van der Waals surface area contributed by atoms with Crippen LogP contribution in [0, 0.1) is 5.41 Å². The Balaban J connectivity index is 0.000000143.